The molecule has 0 spiro atoms. The fourth-order valence-corrected chi connectivity index (χ4v) is 6.01. The summed E-state index contributed by atoms with van der Waals surface area (Å²) in [7, 11) is 0. The van der Waals surface area contributed by atoms with Gasteiger partial charge in [-0.05, 0) is 25.7 Å². The topological polar surface area (TPSA) is 6.48 Å². The Morgan fingerprint density at radius 2 is 0.622 bits per heavy atom. The van der Waals surface area contributed by atoms with Crippen molar-refractivity contribution in [2.45, 2.75) is 200 Å². The van der Waals surface area contributed by atoms with E-state index in [1.54, 1.807) is 0 Å². The van der Waals surface area contributed by atoms with Crippen LogP contribution >= 0.6 is 0 Å². The molecule has 0 bridgehead atoms. The van der Waals surface area contributed by atoms with Crippen LogP contribution in [-0.4, -0.2) is 29.1 Å². The molecular weight excluding hydrogens is 448 g/mol. The molecule has 1 rings (SSSR count). The van der Waals surface area contributed by atoms with E-state index < -0.39 is 0 Å². The van der Waals surface area contributed by atoms with Crippen LogP contribution in [0.4, 0.5) is 0 Å². The first-order valence-corrected chi connectivity index (χ1v) is 17.5. The normalized spacial score (nSPS) is 15.4. The van der Waals surface area contributed by atoms with E-state index >= 15 is 0 Å². The number of hydrogen-bond acceptors (Lipinski definition) is 2. The molecule has 2 heteroatoms. The molecule has 0 radical (unpaired) electrons. The Bertz CT molecular complexity index is 474. The molecule has 2 nitrogen and oxygen atoms in total. The van der Waals surface area contributed by atoms with Crippen molar-refractivity contribution in [2.24, 2.45) is 0 Å². The Hall–Kier alpha value is -0.660. The number of hydrogen-bond donors (Lipinski definition) is 0. The minimum atomic E-state index is 0.642. The third kappa shape index (κ3) is 20.0. The van der Waals surface area contributed by atoms with Gasteiger partial charge < -0.3 is 9.80 Å². The van der Waals surface area contributed by atoms with Crippen LogP contribution in [0.2, 0.25) is 0 Å². The second kappa shape index (κ2) is 26.9. The van der Waals surface area contributed by atoms with E-state index in [0.29, 0.717) is 6.17 Å². The van der Waals surface area contributed by atoms with E-state index in [1.165, 1.54) is 186 Å². The van der Waals surface area contributed by atoms with Crippen molar-refractivity contribution in [3.8, 4) is 0 Å². The molecule has 0 aromatic rings. The van der Waals surface area contributed by atoms with Gasteiger partial charge in [0.1, 0.15) is 6.17 Å². The smallest absolute Gasteiger partial charge is 0.101 e. The average molecular weight is 519 g/mol. The zero-order chi connectivity index (χ0) is 26.7. The zero-order valence-electron chi connectivity index (χ0n) is 26.1. The summed E-state index contributed by atoms with van der Waals surface area (Å²) in [6, 6.07) is 0. The Morgan fingerprint density at radius 1 is 0.351 bits per heavy atom. The summed E-state index contributed by atoms with van der Waals surface area (Å²) >= 11 is 0. The third-order valence-corrected chi connectivity index (χ3v) is 8.57. The van der Waals surface area contributed by atoms with Crippen LogP contribution in [0.5, 0.6) is 0 Å². The van der Waals surface area contributed by atoms with Gasteiger partial charge in [-0.2, -0.15) is 0 Å². The molecule has 0 amide bonds. The van der Waals surface area contributed by atoms with Gasteiger partial charge in [-0.15, -0.1) is 0 Å². The van der Waals surface area contributed by atoms with E-state index in [1.807, 2.05) is 0 Å². The maximum Gasteiger partial charge on any atom is 0.101 e. The molecule has 0 N–H and O–H groups in total. The molecule has 0 aliphatic carbocycles. The van der Waals surface area contributed by atoms with Crippen molar-refractivity contribution in [1.82, 2.24) is 9.80 Å². The van der Waals surface area contributed by atoms with Crippen LogP contribution in [0, 0.1) is 0 Å². The molecule has 0 saturated carbocycles. The average Bonchev–Trinajstić information content (AvgIpc) is 3.29. The molecule has 1 aliphatic heterocycles. The van der Waals surface area contributed by atoms with Crippen molar-refractivity contribution in [3.05, 3.63) is 12.4 Å². The highest BCUT2D eigenvalue weighted by Gasteiger charge is 2.24. The monoisotopic (exact) mass is 519 g/mol. The van der Waals surface area contributed by atoms with Gasteiger partial charge in [-0.3, -0.25) is 0 Å². The minimum absolute atomic E-state index is 0.642. The summed E-state index contributed by atoms with van der Waals surface area (Å²) in [6.07, 6.45) is 44.0. The highest BCUT2D eigenvalue weighted by molar-refractivity contribution is 4.97. The quantitative estimate of drug-likeness (QED) is 0.0908. The van der Waals surface area contributed by atoms with Crippen molar-refractivity contribution in [2.75, 3.05) is 13.1 Å². The van der Waals surface area contributed by atoms with E-state index in [2.05, 4.69) is 43.0 Å². The maximum atomic E-state index is 2.70. The summed E-state index contributed by atoms with van der Waals surface area (Å²) in [5.41, 5.74) is 0. The van der Waals surface area contributed by atoms with Crippen molar-refractivity contribution >= 4 is 0 Å². The first kappa shape index (κ1) is 34.4. The molecule has 37 heavy (non-hydrogen) atoms. The van der Waals surface area contributed by atoms with Crippen LogP contribution in [-0.2, 0) is 0 Å². The molecule has 0 aromatic carbocycles. The molecule has 1 aliphatic rings. The van der Waals surface area contributed by atoms with Crippen molar-refractivity contribution < 1.29 is 0 Å². The van der Waals surface area contributed by atoms with Crippen LogP contribution in [0.15, 0.2) is 12.4 Å². The standard InChI is InChI=1S/C35H70N2/c1-4-7-10-13-15-17-18-19-20-21-22-24-27-30-35-36(31-28-25-12-9-6-3)33-34-37(35)32-29-26-23-16-14-11-8-5-2/h33-35H,4-32H2,1-3H3. The first-order chi connectivity index (χ1) is 18.3. The highest BCUT2D eigenvalue weighted by atomic mass is 15.4. The number of nitrogens with zero attached hydrogens (tertiary/aromatic N) is 2. The van der Waals surface area contributed by atoms with E-state index in [9.17, 15) is 0 Å². The van der Waals surface area contributed by atoms with Gasteiger partial charge >= 0.3 is 0 Å². The summed E-state index contributed by atoms with van der Waals surface area (Å²) in [6.45, 7) is 9.47. The lowest BCUT2D eigenvalue weighted by Crippen LogP contribution is -2.39. The SMILES string of the molecule is CCCCCCCCCCCCCCCC1N(CCCCCCC)C=CN1CCCCCCCCCC. The van der Waals surface area contributed by atoms with Crippen LogP contribution in [0.1, 0.15) is 194 Å². The molecule has 0 aromatic heterocycles. The molecular formula is C35H70N2. The van der Waals surface area contributed by atoms with Gasteiger partial charge in [0.15, 0.2) is 0 Å². The van der Waals surface area contributed by atoms with Gasteiger partial charge in [-0.1, -0.05) is 168 Å². The van der Waals surface area contributed by atoms with Crippen molar-refractivity contribution in [3.63, 3.8) is 0 Å². The lowest BCUT2D eigenvalue weighted by molar-refractivity contribution is 0.135. The first-order valence-electron chi connectivity index (χ1n) is 17.5. The van der Waals surface area contributed by atoms with E-state index in [0.717, 1.165) is 0 Å². The van der Waals surface area contributed by atoms with E-state index in [4.69, 9.17) is 0 Å². The van der Waals surface area contributed by atoms with Crippen LogP contribution < -0.4 is 0 Å². The zero-order valence-corrected chi connectivity index (χ0v) is 26.1. The largest absolute Gasteiger partial charge is 0.356 e. The summed E-state index contributed by atoms with van der Waals surface area (Å²) in [4.78, 5) is 5.39. The van der Waals surface area contributed by atoms with Gasteiger partial charge in [0.25, 0.3) is 0 Å². The second-order valence-electron chi connectivity index (χ2n) is 12.2. The fraction of sp³-hybridized carbons (Fsp3) is 0.943. The van der Waals surface area contributed by atoms with E-state index in [-0.39, 0.29) is 0 Å². The summed E-state index contributed by atoms with van der Waals surface area (Å²) in [5.74, 6) is 0. The molecule has 0 saturated heterocycles. The highest BCUT2D eigenvalue weighted by Crippen LogP contribution is 2.24. The lowest BCUT2D eigenvalue weighted by Gasteiger charge is -2.33. The van der Waals surface area contributed by atoms with Gasteiger partial charge in [-0.25, -0.2) is 0 Å². The van der Waals surface area contributed by atoms with Crippen LogP contribution in [0.3, 0.4) is 0 Å². The Kier molecular flexibility index (Phi) is 25.0. The molecule has 0 fully saturated rings. The summed E-state index contributed by atoms with van der Waals surface area (Å²) in [5, 5.41) is 0. The predicted octanol–water partition coefficient (Wildman–Crippen LogP) is 12.0. The molecule has 220 valence electrons. The number of rotatable bonds is 29. The van der Waals surface area contributed by atoms with Crippen LogP contribution in [0.25, 0.3) is 0 Å². The van der Waals surface area contributed by atoms with Gasteiger partial charge in [0.2, 0.25) is 0 Å². The molecule has 1 atom stereocenters. The third-order valence-electron chi connectivity index (χ3n) is 8.57. The number of unbranched alkanes of at least 4 members (excludes halogenated alkanes) is 23. The van der Waals surface area contributed by atoms with Gasteiger partial charge in [0, 0.05) is 25.5 Å². The lowest BCUT2D eigenvalue weighted by atomic mass is 10.0. The minimum Gasteiger partial charge on any atom is -0.356 e. The summed E-state index contributed by atoms with van der Waals surface area (Å²) < 4.78 is 0. The molecule has 1 heterocycles. The van der Waals surface area contributed by atoms with Gasteiger partial charge in [0.05, 0.1) is 0 Å². The van der Waals surface area contributed by atoms with Crippen molar-refractivity contribution in [1.29, 1.82) is 0 Å². The second-order valence-corrected chi connectivity index (χ2v) is 12.2. The Balaban J connectivity index is 2.19. The Labute approximate surface area is 235 Å². The fourth-order valence-electron chi connectivity index (χ4n) is 6.01. The molecule has 1 unspecified atom stereocenters. The maximum absolute atomic E-state index is 2.70. The Morgan fingerprint density at radius 3 is 0.946 bits per heavy atom. The predicted molar refractivity (Wildman–Crippen MR) is 168 cm³/mol.